The summed E-state index contributed by atoms with van der Waals surface area (Å²) in [6.45, 7) is 0.0840. The van der Waals surface area contributed by atoms with Crippen LogP contribution in [-0.2, 0) is 16.0 Å². The fraction of sp³-hybridized carbons (Fsp3) is 0.250. The van der Waals surface area contributed by atoms with Crippen molar-refractivity contribution in [3.05, 3.63) is 71.8 Å². The second-order valence-electron chi connectivity index (χ2n) is 5.99. The number of benzene rings is 2. The zero-order valence-electron chi connectivity index (χ0n) is 14.6. The number of hydrogen-bond acceptors (Lipinski definition) is 3. The summed E-state index contributed by atoms with van der Waals surface area (Å²) in [7, 11) is 1.54. The molecular weight excluding hydrogens is 332 g/mol. The molecule has 0 aliphatic rings. The van der Waals surface area contributed by atoms with Gasteiger partial charge in [0, 0.05) is 25.6 Å². The summed E-state index contributed by atoms with van der Waals surface area (Å²) in [5, 5.41) is 11.6. The highest BCUT2D eigenvalue weighted by Gasteiger charge is 2.25. The molecule has 6 nitrogen and oxygen atoms in total. The van der Waals surface area contributed by atoms with Crippen LogP contribution in [0.4, 0.5) is 0 Å². The van der Waals surface area contributed by atoms with Crippen molar-refractivity contribution in [2.24, 2.45) is 0 Å². The van der Waals surface area contributed by atoms with E-state index in [1.54, 1.807) is 24.3 Å². The zero-order valence-corrected chi connectivity index (χ0v) is 14.6. The summed E-state index contributed by atoms with van der Waals surface area (Å²) >= 11 is 0. The van der Waals surface area contributed by atoms with E-state index in [0.29, 0.717) is 12.0 Å². The average molecular weight is 354 g/mol. The van der Waals surface area contributed by atoms with Crippen LogP contribution in [0, 0.1) is 0 Å². The monoisotopic (exact) mass is 354 g/mol. The van der Waals surface area contributed by atoms with Crippen LogP contribution in [0.25, 0.3) is 0 Å². The molecule has 2 N–H and O–H groups in total. The highest BCUT2D eigenvalue weighted by Crippen LogP contribution is 2.08. The molecule has 2 rings (SSSR count). The van der Waals surface area contributed by atoms with Gasteiger partial charge in [-0.2, -0.15) is 0 Å². The van der Waals surface area contributed by atoms with E-state index in [0.717, 1.165) is 5.56 Å². The van der Waals surface area contributed by atoms with Gasteiger partial charge in [0.25, 0.3) is 5.91 Å². The van der Waals surface area contributed by atoms with E-state index in [4.69, 9.17) is 5.11 Å². The van der Waals surface area contributed by atoms with Crippen molar-refractivity contribution >= 4 is 17.8 Å². The lowest BCUT2D eigenvalue weighted by Gasteiger charge is -2.24. The van der Waals surface area contributed by atoms with Gasteiger partial charge in [-0.25, -0.2) is 0 Å². The van der Waals surface area contributed by atoms with Crippen molar-refractivity contribution in [3.8, 4) is 0 Å². The van der Waals surface area contributed by atoms with Gasteiger partial charge in [-0.15, -0.1) is 0 Å². The fourth-order valence-corrected chi connectivity index (χ4v) is 2.52. The third-order valence-electron chi connectivity index (χ3n) is 3.96. The van der Waals surface area contributed by atoms with Crippen LogP contribution in [0.15, 0.2) is 60.7 Å². The Morgan fingerprint density at radius 3 is 2.15 bits per heavy atom. The molecule has 0 spiro atoms. The second kappa shape index (κ2) is 9.36. The normalized spacial score (nSPS) is 11.4. The number of hydrogen-bond donors (Lipinski definition) is 2. The summed E-state index contributed by atoms with van der Waals surface area (Å²) in [6.07, 6.45) is 0.183. The van der Waals surface area contributed by atoms with Crippen LogP contribution in [0.1, 0.15) is 22.3 Å². The Hall–Kier alpha value is -3.15. The van der Waals surface area contributed by atoms with E-state index >= 15 is 0 Å². The van der Waals surface area contributed by atoms with Gasteiger partial charge < -0.3 is 15.3 Å². The van der Waals surface area contributed by atoms with Gasteiger partial charge >= 0.3 is 5.97 Å². The molecule has 6 heteroatoms. The van der Waals surface area contributed by atoms with Gasteiger partial charge in [0.1, 0.15) is 6.04 Å². The Balaban J connectivity index is 2.14. The molecule has 1 atom stereocenters. The number of carbonyl (C=O) groups excluding carboxylic acids is 2. The van der Waals surface area contributed by atoms with Gasteiger partial charge in [-0.1, -0.05) is 48.5 Å². The Morgan fingerprint density at radius 2 is 1.58 bits per heavy atom. The van der Waals surface area contributed by atoms with Gasteiger partial charge in [-0.3, -0.25) is 14.4 Å². The van der Waals surface area contributed by atoms with Crippen LogP contribution in [0.2, 0.25) is 0 Å². The summed E-state index contributed by atoms with van der Waals surface area (Å²) in [4.78, 5) is 37.3. The largest absolute Gasteiger partial charge is 0.481 e. The van der Waals surface area contributed by atoms with Crippen molar-refractivity contribution < 1.29 is 19.5 Å². The lowest BCUT2D eigenvalue weighted by atomic mass is 10.0. The average Bonchev–Trinajstić information content (AvgIpc) is 2.66. The number of nitrogens with one attached hydrogen (secondary N) is 1. The predicted octanol–water partition coefficient (Wildman–Crippen LogP) is 1.96. The molecule has 26 heavy (non-hydrogen) atoms. The first-order valence-corrected chi connectivity index (χ1v) is 8.34. The first-order chi connectivity index (χ1) is 12.5. The highest BCUT2D eigenvalue weighted by atomic mass is 16.4. The van der Waals surface area contributed by atoms with E-state index in [9.17, 15) is 14.4 Å². The van der Waals surface area contributed by atoms with E-state index in [1.807, 2.05) is 36.4 Å². The van der Waals surface area contributed by atoms with Crippen molar-refractivity contribution in [3.63, 3.8) is 0 Å². The van der Waals surface area contributed by atoms with Crippen LogP contribution >= 0.6 is 0 Å². The number of carboxylic acid groups (broad SMARTS) is 1. The summed E-state index contributed by atoms with van der Waals surface area (Å²) in [5.41, 5.74) is 1.37. The number of nitrogens with zero attached hydrogens (tertiary/aromatic N) is 1. The third kappa shape index (κ3) is 5.73. The Bertz CT molecular complexity index is 747. The van der Waals surface area contributed by atoms with E-state index in [1.165, 1.54) is 11.9 Å². The smallest absolute Gasteiger partial charge is 0.305 e. The van der Waals surface area contributed by atoms with Crippen molar-refractivity contribution in [1.29, 1.82) is 0 Å². The second-order valence-corrected chi connectivity index (χ2v) is 5.99. The molecule has 0 aliphatic heterocycles. The summed E-state index contributed by atoms with van der Waals surface area (Å²) in [5.74, 6) is -1.64. The highest BCUT2D eigenvalue weighted by molar-refractivity contribution is 5.97. The van der Waals surface area contributed by atoms with E-state index < -0.39 is 12.0 Å². The number of aliphatic carboxylic acids is 1. The first kappa shape index (κ1) is 19.2. The number of likely N-dealkylation sites (N-methyl/N-ethyl adjacent to an activating group) is 1. The van der Waals surface area contributed by atoms with Crippen LogP contribution in [0.5, 0.6) is 0 Å². The molecule has 0 saturated heterocycles. The molecule has 0 fully saturated rings. The summed E-state index contributed by atoms with van der Waals surface area (Å²) in [6, 6.07) is 17.3. The molecule has 0 bridgehead atoms. The predicted molar refractivity (Wildman–Crippen MR) is 97.7 cm³/mol. The van der Waals surface area contributed by atoms with Crippen LogP contribution < -0.4 is 5.32 Å². The lowest BCUT2D eigenvalue weighted by molar-refractivity contribution is -0.138. The topological polar surface area (TPSA) is 86.7 Å². The van der Waals surface area contributed by atoms with E-state index in [-0.39, 0.29) is 24.8 Å². The Morgan fingerprint density at radius 1 is 1.00 bits per heavy atom. The lowest BCUT2D eigenvalue weighted by Crippen LogP contribution is -2.49. The minimum absolute atomic E-state index is 0.0840. The van der Waals surface area contributed by atoms with Gasteiger partial charge in [0.15, 0.2) is 0 Å². The molecule has 136 valence electrons. The van der Waals surface area contributed by atoms with Crippen LogP contribution in [0.3, 0.4) is 0 Å². The molecule has 0 heterocycles. The fourth-order valence-electron chi connectivity index (χ4n) is 2.52. The molecule has 2 aromatic carbocycles. The number of amides is 2. The number of carbonyl (C=O) groups is 3. The minimum Gasteiger partial charge on any atom is -0.481 e. The molecular formula is C20H22N2O4. The van der Waals surface area contributed by atoms with Crippen LogP contribution in [-0.4, -0.2) is 47.4 Å². The van der Waals surface area contributed by atoms with Crippen molar-refractivity contribution in [2.45, 2.75) is 18.9 Å². The molecule has 0 aliphatic carbocycles. The zero-order chi connectivity index (χ0) is 18.9. The molecule has 1 unspecified atom stereocenters. The number of carboxylic acids is 1. The molecule has 0 radical (unpaired) electrons. The quantitative estimate of drug-likeness (QED) is 0.759. The Kier molecular flexibility index (Phi) is 6.91. The van der Waals surface area contributed by atoms with Gasteiger partial charge in [0.2, 0.25) is 5.91 Å². The molecule has 0 saturated carbocycles. The summed E-state index contributed by atoms with van der Waals surface area (Å²) < 4.78 is 0. The minimum atomic E-state index is -0.974. The Labute approximate surface area is 152 Å². The van der Waals surface area contributed by atoms with Gasteiger partial charge in [0.05, 0.1) is 6.42 Å². The SMILES string of the molecule is CN(CCC(=O)O)C(=O)C(Cc1ccccc1)NC(=O)c1ccccc1. The number of rotatable bonds is 8. The van der Waals surface area contributed by atoms with Crippen molar-refractivity contribution in [2.75, 3.05) is 13.6 Å². The maximum absolute atomic E-state index is 12.7. The third-order valence-corrected chi connectivity index (χ3v) is 3.96. The maximum atomic E-state index is 12.7. The standard InChI is InChI=1S/C20H22N2O4/c1-22(13-12-18(23)24)20(26)17(14-15-8-4-2-5-9-15)21-19(25)16-10-6-3-7-11-16/h2-11,17H,12-14H2,1H3,(H,21,25)(H,23,24). The molecule has 2 aromatic rings. The molecule has 2 amide bonds. The maximum Gasteiger partial charge on any atom is 0.305 e. The van der Waals surface area contributed by atoms with Gasteiger partial charge in [-0.05, 0) is 17.7 Å². The van der Waals surface area contributed by atoms with E-state index in [2.05, 4.69) is 5.32 Å². The molecule has 0 aromatic heterocycles. The first-order valence-electron chi connectivity index (χ1n) is 8.34. The van der Waals surface area contributed by atoms with Crippen molar-refractivity contribution in [1.82, 2.24) is 10.2 Å².